The van der Waals surface area contributed by atoms with Crippen LogP contribution in [0.5, 0.6) is 0 Å². The van der Waals surface area contributed by atoms with Crippen molar-refractivity contribution in [1.82, 2.24) is 15.1 Å². The third-order valence-corrected chi connectivity index (χ3v) is 2.10. The molecule has 3 heteroatoms. The van der Waals surface area contributed by atoms with Crippen LogP contribution in [0.25, 0.3) is 0 Å². The molecule has 0 fully saturated rings. The van der Waals surface area contributed by atoms with E-state index in [0.717, 1.165) is 13.0 Å². The first-order valence-corrected chi connectivity index (χ1v) is 4.58. The van der Waals surface area contributed by atoms with Crippen LogP contribution in [-0.2, 0) is 7.05 Å². The van der Waals surface area contributed by atoms with Crippen molar-refractivity contribution < 1.29 is 0 Å². The normalized spacial score (nSPS) is 12.8. The highest BCUT2D eigenvalue weighted by atomic mass is 15.3. The summed E-state index contributed by atoms with van der Waals surface area (Å²) in [4.78, 5) is 0. The van der Waals surface area contributed by atoms with Crippen molar-refractivity contribution in [3.05, 3.63) is 30.6 Å². The van der Waals surface area contributed by atoms with Crippen LogP contribution in [0.3, 0.4) is 0 Å². The first kappa shape index (κ1) is 9.99. The zero-order valence-corrected chi connectivity index (χ0v) is 8.33. The molecule has 72 valence electrons. The molecule has 0 aliphatic carbocycles. The minimum absolute atomic E-state index is 0.354. The Kier molecular flexibility index (Phi) is 3.71. The lowest BCUT2D eigenvalue weighted by Gasteiger charge is -2.12. The van der Waals surface area contributed by atoms with Gasteiger partial charge in [-0.05, 0) is 26.0 Å². The summed E-state index contributed by atoms with van der Waals surface area (Å²) in [7, 11) is 1.96. The summed E-state index contributed by atoms with van der Waals surface area (Å²) < 4.78 is 1.89. The summed E-state index contributed by atoms with van der Waals surface area (Å²) in [6.45, 7) is 6.79. The average Bonchev–Trinajstić information content (AvgIpc) is 2.52. The maximum absolute atomic E-state index is 4.12. The molecule has 0 radical (unpaired) electrons. The van der Waals surface area contributed by atoms with E-state index in [-0.39, 0.29) is 0 Å². The molecule has 1 aromatic rings. The lowest BCUT2D eigenvalue weighted by molar-refractivity contribution is 0.535. The van der Waals surface area contributed by atoms with E-state index in [4.69, 9.17) is 0 Å². The third kappa shape index (κ3) is 2.70. The van der Waals surface area contributed by atoms with E-state index in [9.17, 15) is 0 Å². The molecule has 0 saturated heterocycles. The summed E-state index contributed by atoms with van der Waals surface area (Å²) in [5.74, 6) is 0. The van der Waals surface area contributed by atoms with Gasteiger partial charge in [-0.2, -0.15) is 5.10 Å². The molecule has 1 rings (SSSR count). The van der Waals surface area contributed by atoms with Crippen molar-refractivity contribution in [2.24, 2.45) is 7.05 Å². The predicted octanol–water partition coefficient (Wildman–Crippen LogP) is 1.65. The Hall–Kier alpha value is -1.09. The first-order valence-electron chi connectivity index (χ1n) is 4.58. The molecular weight excluding hydrogens is 162 g/mol. The topological polar surface area (TPSA) is 29.9 Å². The first-order chi connectivity index (χ1) is 6.25. The molecule has 0 spiro atoms. The number of hydrogen-bond acceptors (Lipinski definition) is 2. The monoisotopic (exact) mass is 179 g/mol. The Morgan fingerprint density at radius 1 is 1.77 bits per heavy atom. The second-order valence-corrected chi connectivity index (χ2v) is 3.13. The van der Waals surface area contributed by atoms with Gasteiger partial charge in [0.1, 0.15) is 0 Å². The number of rotatable bonds is 5. The standard InChI is InChI=1S/C10H17N3/c1-4-5-7-11-9(2)10-6-8-12-13(10)3/h4,6,8-9,11H,1,5,7H2,2-3H3. The van der Waals surface area contributed by atoms with Gasteiger partial charge >= 0.3 is 0 Å². The van der Waals surface area contributed by atoms with Gasteiger partial charge in [-0.15, -0.1) is 6.58 Å². The van der Waals surface area contributed by atoms with E-state index in [1.54, 1.807) is 0 Å². The molecule has 0 saturated carbocycles. The quantitative estimate of drug-likeness (QED) is 0.550. The second kappa shape index (κ2) is 4.82. The molecule has 1 N–H and O–H groups in total. The van der Waals surface area contributed by atoms with Crippen molar-refractivity contribution >= 4 is 0 Å². The molecular formula is C10H17N3. The van der Waals surface area contributed by atoms with Crippen LogP contribution in [0, 0.1) is 0 Å². The predicted molar refractivity (Wildman–Crippen MR) is 54.4 cm³/mol. The van der Waals surface area contributed by atoms with Crippen LogP contribution in [0.2, 0.25) is 0 Å². The Balaban J connectivity index is 2.44. The summed E-state index contributed by atoms with van der Waals surface area (Å²) in [5.41, 5.74) is 1.21. The van der Waals surface area contributed by atoms with E-state index in [0.29, 0.717) is 6.04 Å². The molecule has 0 aliphatic heterocycles. The minimum atomic E-state index is 0.354. The fraction of sp³-hybridized carbons (Fsp3) is 0.500. The van der Waals surface area contributed by atoms with Gasteiger partial charge in [0.05, 0.1) is 5.69 Å². The average molecular weight is 179 g/mol. The van der Waals surface area contributed by atoms with Crippen molar-refractivity contribution in [2.45, 2.75) is 19.4 Å². The van der Waals surface area contributed by atoms with Gasteiger partial charge in [0.2, 0.25) is 0 Å². The Morgan fingerprint density at radius 3 is 3.08 bits per heavy atom. The lowest BCUT2D eigenvalue weighted by atomic mass is 10.2. The number of nitrogens with one attached hydrogen (secondary N) is 1. The number of hydrogen-bond donors (Lipinski definition) is 1. The zero-order chi connectivity index (χ0) is 9.68. The van der Waals surface area contributed by atoms with Gasteiger partial charge < -0.3 is 5.32 Å². The highest BCUT2D eigenvalue weighted by Crippen LogP contribution is 2.09. The minimum Gasteiger partial charge on any atom is -0.309 e. The number of aryl methyl sites for hydroxylation is 1. The molecule has 0 bridgehead atoms. The maximum atomic E-state index is 4.12. The zero-order valence-electron chi connectivity index (χ0n) is 8.33. The van der Waals surface area contributed by atoms with Crippen LogP contribution in [-0.4, -0.2) is 16.3 Å². The molecule has 0 aromatic carbocycles. The van der Waals surface area contributed by atoms with E-state index < -0.39 is 0 Å². The van der Waals surface area contributed by atoms with Gasteiger partial charge in [0, 0.05) is 19.3 Å². The highest BCUT2D eigenvalue weighted by Gasteiger charge is 2.06. The Labute approximate surface area is 79.5 Å². The SMILES string of the molecule is C=CCCNC(C)c1ccnn1C. The Morgan fingerprint density at radius 2 is 2.54 bits per heavy atom. The third-order valence-electron chi connectivity index (χ3n) is 2.10. The van der Waals surface area contributed by atoms with Crippen molar-refractivity contribution in [1.29, 1.82) is 0 Å². The molecule has 1 atom stereocenters. The summed E-state index contributed by atoms with van der Waals surface area (Å²) in [6, 6.07) is 2.39. The summed E-state index contributed by atoms with van der Waals surface area (Å²) >= 11 is 0. The largest absolute Gasteiger partial charge is 0.309 e. The van der Waals surface area contributed by atoms with Gasteiger partial charge in [-0.3, -0.25) is 4.68 Å². The van der Waals surface area contributed by atoms with Crippen LogP contribution >= 0.6 is 0 Å². The fourth-order valence-corrected chi connectivity index (χ4v) is 1.32. The van der Waals surface area contributed by atoms with Crippen LogP contribution < -0.4 is 5.32 Å². The highest BCUT2D eigenvalue weighted by molar-refractivity contribution is 5.05. The van der Waals surface area contributed by atoms with E-state index >= 15 is 0 Å². The lowest BCUT2D eigenvalue weighted by Crippen LogP contribution is -2.21. The van der Waals surface area contributed by atoms with Crippen LogP contribution in [0.1, 0.15) is 25.1 Å². The van der Waals surface area contributed by atoms with E-state index in [1.165, 1.54) is 5.69 Å². The second-order valence-electron chi connectivity index (χ2n) is 3.13. The van der Waals surface area contributed by atoms with Gasteiger partial charge in [-0.1, -0.05) is 6.08 Å². The van der Waals surface area contributed by atoms with Crippen LogP contribution in [0.15, 0.2) is 24.9 Å². The van der Waals surface area contributed by atoms with Crippen molar-refractivity contribution in [3.8, 4) is 0 Å². The molecule has 1 unspecified atom stereocenters. The fourth-order valence-electron chi connectivity index (χ4n) is 1.32. The van der Waals surface area contributed by atoms with Gasteiger partial charge in [-0.25, -0.2) is 0 Å². The van der Waals surface area contributed by atoms with E-state index in [1.807, 2.05) is 30.1 Å². The van der Waals surface area contributed by atoms with Crippen molar-refractivity contribution in [2.75, 3.05) is 6.54 Å². The molecule has 0 amide bonds. The summed E-state index contributed by atoms with van der Waals surface area (Å²) in [6.07, 6.45) is 4.74. The molecule has 1 aromatic heterocycles. The molecule has 3 nitrogen and oxygen atoms in total. The number of aromatic nitrogens is 2. The smallest absolute Gasteiger partial charge is 0.0547 e. The Bertz CT molecular complexity index is 265. The van der Waals surface area contributed by atoms with Crippen molar-refractivity contribution in [3.63, 3.8) is 0 Å². The van der Waals surface area contributed by atoms with E-state index in [2.05, 4.69) is 23.9 Å². The van der Waals surface area contributed by atoms with Crippen LogP contribution in [0.4, 0.5) is 0 Å². The molecule has 1 heterocycles. The van der Waals surface area contributed by atoms with Gasteiger partial charge in [0.25, 0.3) is 0 Å². The molecule has 13 heavy (non-hydrogen) atoms. The molecule has 0 aliphatic rings. The maximum Gasteiger partial charge on any atom is 0.0547 e. The van der Waals surface area contributed by atoms with Gasteiger partial charge in [0.15, 0.2) is 0 Å². The number of nitrogens with zero attached hydrogens (tertiary/aromatic N) is 2. The summed E-state index contributed by atoms with van der Waals surface area (Å²) in [5, 5.41) is 7.52.